The van der Waals surface area contributed by atoms with Crippen molar-refractivity contribution >= 4 is 23.5 Å². The first-order chi connectivity index (χ1) is 33.2. The summed E-state index contributed by atoms with van der Waals surface area (Å²) in [7, 11) is 5.23. The smallest absolute Gasteiger partial charge is 0.311 e. The molecule has 0 saturated carbocycles. The highest BCUT2D eigenvalue weighted by molar-refractivity contribution is 5.90. The molecule has 3 saturated heterocycles. The van der Waals surface area contributed by atoms with E-state index >= 15 is 0 Å². The second kappa shape index (κ2) is 26.5. The van der Waals surface area contributed by atoms with Crippen molar-refractivity contribution in [3.8, 4) is 0 Å². The number of nitrogens with one attached hydrogen (secondary N) is 2. The van der Waals surface area contributed by atoms with Crippen LogP contribution in [0.2, 0.25) is 0 Å². The second-order valence-electron chi connectivity index (χ2n) is 21.8. The fourth-order valence-corrected chi connectivity index (χ4v) is 11.0. The average Bonchev–Trinajstić information content (AvgIpc) is 3.31. The zero-order valence-corrected chi connectivity index (χ0v) is 44.7. The largest absolute Gasteiger partial charge is 0.459 e. The minimum atomic E-state index is -1.85. The normalized spacial score (nSPS) is 39.3. The minimum Gasteiger partial charge on any atom is -0.459 e. The maximum atomic E-state index is 14.5. The molecule has 3 heterocycles. The van der Waals surface area contributed by atoms with Gasteiger partial charge in [0, 0.05) is 63.2 Å². The van der Waals surface area contributed by atoms with E-state index in [1.54, 1.807) is 53.9 Å². The van der Waals surface area contributed by atoms with Gasteiger partial charge in [0.15, 0.2) is 12.6 Å². The SMILES string of the molecule is CC[C@H]1OC(=O)[C@H](C)[C@@H](O[C@H]2C[C@@](C)(OC)[C@@H](O)[C@H](C)O2)[C@H](C)[C@@H](O[C@@H]2O[C@H](C)C[C@H](N(C)Cc3ccc(NC(=O)CCCCCCC(=O)NO)cc3)[C@H]2O)[C@](C)(O)C[C@@H](C)CN(C)[C@H](C)[C@@H](O)[C@]1(C)O. The van der Waals surface area contributed by atoms with E-state index in [0.717, 1.165) is 18.4 Å². The molecule has 4 rings (SSSR count). The molecule has 3 aliphatic rings. The number of unbranched alkanes of at least 4 members (excludes halogenated alkanes) is 3. The molecular weight excluding hydrogens is 921 g/mol. The van der Waals surface area contributed by atoms with Crippen molar-refractivity contribution in [2.24, 2.45) is 17.8 Å². The maximum Gasteiger partial charge on any atom is 0.311 e. The summed E-state index contributed by atoms with van der Waals surface area (Å²) in [4.78, 5) is 42.2. The van der Waals surface area contributed by atoms with Crippen molar-refractivity contribution < 1.29 is 73.5 Å². The van der Waals surface area contributed by atoms with Crippen LogP contribution in [0.3, 0.4) is 0 Å². The number of carbonyl (C=O) groups excluding carboxylic acids is 3. The van der Waals surface area contributed by atoms with Gasteiger partial charge in [0.1, 0.15) is 30.0 Å². The number of benzene rings is 1. The van der Waals surface area contributed by atoms with Gasteiger partial charge < -0.3 is 64.2 Å². The molecule has 19 heteroatoms. The van der Waals surface area contributed by atoms with E-state index in [-0.39, 0.29) is 43.6 Å². The van der Waals surface area contributed by atoms with E-state index in [9.17, 15) is 39.9 Å². The number of aliphatic hydroxyl groups excluding tert-OH is 3. The molecule has 18 atom stereocenters. The molecule has 71 heavy (non-hydrogen) atoms. The van der Waals surface area contributed by atoms with Crippen LogP contribution in [0.5, 0.6) is 0 Å². The molecule has 8 N–H and O–H groups in total. The van der Waals surface area contributed by atoms with E-state index in [2.05, 4.69) is 5.32 Å². The molecule has 0 radical (unpaired) electrons. The summed E-state index contributed by atoms with van der Waals surface area (Å²) in [5, 5.41) is 71.2. The first-order valence-corrected chi connectivity index (χ1v) is 25.8. The van der Waals surface area contributed by atoms with Gasteiger partial charge in [0.25, 0.3) is 0 Å². The standard InChI is InChI=1S/C52H90N4O15/c1-14-39-52(10,64)45(60)34(6)55(11)28-30(2)26-50(8,63)47(32(4)44(33(5)48(62)69-39)70-42-27-51(9,66-13)46(61)35(7)68-42)71-49-43(59)38(25-31(3)67-49)56(12)29-36-21-23-37(24-22-36)53-40(57)19-17-15-16-18-20-41(58)54-65/h21-24,30-35,38-39,42-47,49,59-61,63-65H,14-20,25-29H2,1-13H3,(H,53,57)(H,54,58)/t30-,31-,32+,33-,34-,35+,38+,39-,42+,43-,44+,45-,46+,47-,49+,50-,51-,52-/m1/s1. The van der Waals surface area contributed by atoms with Crippen LogP contribution in [0.1, 0.15) is 139 Å². The minimum absolute atomic E-state index is 0.0901. The number of esters is 1. The Balaban J connectivity index is 1.62. The number of rotatable bonds is 17. The summed E-state index contributed by atoms with van der Waals surface area (Å²) in [5.74, 6) is -3.37. The molecule has 19 nitrogen and oxygen atoms in total. The number of cyclic esters (lactones) is 1. The summed E-state index contributed by atoms with van der Waals surface area (Å²) in [6.07, 6.45) is -5.83. The number of anilines is 1. The highest BCUT2D eigenvalue weighted by atomic mass is 16.7. The topological polar surface area (TPSA) is 259 Å². The zero-order chi connectivity index (χ0) is 53.2. The average molecular weight is 1010 g/mol. The van der Waals surface area contributed by atoms with E-state index in [1.165, 1.54) is 14.0 Å². The third kappa shape index (κ3) is 16.1. The number of hydrogen-bond acceptors (Lipinski definition) is 17. The molecule has 3 fully saturated rings. The zero-order valence-electron chi connectivity index (χ0n) is 44.7. The Bertz CT molecular complexity index is 1820. The van der Waals surface area contributed by atoms with Crippen LogP contribution in [0, 0.1) is 17.8 Å². The maximum absolute atomic E-state index is 14.5. The molecule has 1 aromatic rings. The monoisotopic (exact) mass is 1010 g/mol. The van der Waals surface area contributed by atoms with Crippen molar-refractivity contribution in [1.29, 1.82) is 0 Å². The summed E-state index contributed by atoms with van der Waals surface area (Å²) < 4.78 is 38.2. The molecule has 0 bridgehead atoms. The summed E-state index contributed by atoms with van der Waals surface area (Å²) in [5.41, 5.74) is -1.36. The third-order valence-electron chi connectivity index (χ3n) is 15.5. The number of amides is 2. The predicted molar refractivity (Wildman–Crippen MR) is 265 cm³/mol. The van der Waals surface area contributed by atoms with Gasteiger partial charge >= 0.3 is 5.97 Å². The molecular formula is C52H90N4O15. The first-order valence-electron chi connectivity index (χ1n) is 25.8. The lowest BCUT2D eigenvalue weighted by Crippen LogP contribution is -2.60. The number of hydrogen-bond donors (Lipinski definition) is 8. The summed E-state index contributed by atoms with van der Waals surface area (Å²) in [6.45, 7) is 18.3. The molecule has 2 amide bonds. The van der Waals surface area contributed by atoms with E-state index in [1.807, 2.05) is 62.0 Å². The van der Waals surface area contributed by atoms with Crippen molar-refractivity contribution in [3.05, 3.63) is 29.8 Å². The van der Waals surface area contributed by atoms with Gasteiger partial charge in [-0.1, -0.05) is 45.7 Å². The Hall–Kier alpha value is -2.89. The first kappa shape index (κ1) is 60.7. The van der Waals surface area contributed by atoms with Crippen molar-refractivity contribution in [2.75, 3.05) is 33.1 Å². The van der Waals surface area contributed by atoms with Crippen LogP contribution in [0.4, 0.5) is 5.69 Å². The molecule has 0 aromatic heterocycles. The number of aliphatic hydroxyl groups is 5. The summed E-state index contributed by atoms with van der Waals surface area (Å²) in [6, 6.07) is 6.46. The Kier molecular flexibility index (Phi) is 22.7. The highest BCUT2D eigenvalue weighted by Gasteiger charge is 2.53. The molecule has 1 aromatic carbocycles. The van der Waals surface area contributed by atoms with Crippen molar-refractivity contribution in [1.82, 2.24) is 15.3 Å². The molecule has 0 spiro atoms. The van der Waals surface area contributed by atoms with Gasteiger partial charge in [-0.05, 0) is 118 Å². The van der Waals surface area contributed by atoms with Gasteiger partial charge in [-0.3, -0.25) is 24.5 Å². The number of hydroxylamine groups is 1. The van der Waals surface area contributed by atoms with Gasteiger partial charge in [-0.15, -0.1) is 0 Å². The second-order valence-corrected chi connectivity index (χ2v) is 21.8. The van der Waals surface area contributed by atoms with Crippen molar-refractivity contribution in [3.63, 3.8) is 0 Å². The van der Waals surface area contributed by atoms with Crippen molar-refractivity contribution in [2.45, 2.75) is 230 Å². The lowest BCUT2D eigenvalue weighted by molar-refractivity contribution is -0.318. The Labute approximate surface area is 422 Å². The Morgan fingerprint density at radius 1 is 0.887 bits per heavy atom. The Morgan fingerprint density at radius 2 is 1.51 bits per heavy atom. The third-order valence-corrected chi connectivity index (χ3v) is 15.5. The fraction of sp³-hybridized carbons (Fsp3) is 0.827. The van der Waals surface area contributed by atoms with Crippen LogP contribution >= 0.6 is 0 Å². The molecule has 0 aliphatic carbocycles. The van der Waals surface area contributed by atoms with Gasteiger partial charge in [-0.2, -0.15) is 0 Å². The van der Waals surface area contributed by atoms with Crippen LogP contribution < -0.4 is 10.8 Å². The number of carbonyl (C=O) groups is 3. The number of nitrogens with zero attached hydrogens (tertiary/aromatic N) is 2. The van der Waals surface area contributed by atoms with Crippen LogP contribution in [0.15, 0.2) is 24.3 Å². The van der Waals surface area contributed by atoms with Gasteiger partial charge in [-0.25, -0.2) is 5.48 Å². The number of likely N-dealkylation sites (N-methyl/N-ethyl adjacent to an activating group) is 2. The van der Waals surface area contributed by atoms with Gasteiger partial charge in [0.05, 0.1) is 41.5 Å². The highest BCUT2D eigenvalue weighted by Crippen LogP contribution is 2.40. The van der Waals surface area contributed by atoms with Crippen LogP contribution in [0.25, 0.3) is 0 Å². The molecule has 3 aliphatic heterocycles. The Morgan fingerprint density at radius 3 is 2.10 bits per heavy atom. The van der Waals surface area contributed by atoms with E-state index in [4.69, 9.17) is 33.6 Å². The van der Waals surface area contributed by atoms with Crippen LogP contribution in [-0.4, -0.2) is 176 Å². The molecule has 0 unspecified atom stereocenters. The fourth-order valence-electron chi connectivity index (χ4n) is 11.0. The van der Waals surface area contributed by atoms with E-state index in [0.29, 0.717) is 44.5 Å². The van der Waals surface area contributed by atoms with E-state index < -0.39 is 108 Å². The molecule has 408 valence electrons. The number of methoxy groups -OCH3 is 1. The quantitative estimate of drug-likeness (QED) is 0.0470. The lowest BCUT2D eigenvalue weighted by Gasteiger charge is -2.49. The van der Waals surface area contributed by atoms with Gasteiger partial charge in [0.2, 0.25) is 11.8 Å². The lowest BCUT2D eigenvalue weighted by atomic mass is 9.77. The summed E-state index contributed by atoms with van der Waals surface area (Å²) >= 11 is 0. The predicted octanol–water partition coefficient (Wildman–Crippen LogP) is 4.26. The number of ether oxygens (including phenoxy) is 6. The van der Waals surface area contributed by atoms with Crippen LogP contribution in [-0.2, 0) is 49.3 Å².